The molecule has 0 spiro atoms. The van der Waals surface area contributed by atoms with Gasteiger partial charge in [0, 0.05) is 13.5 Å². The van der Waals surface area contributed by atoms with Crippen LogP contribution in [0.4, 0.5) is 22.0 Å². The molecule has 214 valence electrons. The molecule has 2 aromatic rings. The molecule has 0 saturated carbocycles. The number of carbonyl (C=O) groups is 1. The van der Waals surface area contributed by atoms with Gasteiger partial charge < -0.3 is 19.4 Å². The van der Waals surface area contributed by atoms with E-state index in [9.17, 15) is 35.2 Å². The van der Waals surface area contributed by atoms with Gasteiger partial charge in [-0.05, 0) is 26.0 Å². The third kappa shape index (κ3) is 9.14. The molecule has 39 heavy (non-hydrogen) atoms. The van der Waals surface area contributed by atoms with Gasteiger partial charge in [-0.3, -0.25) is 0 Å². The fourth-order valence-electron chi connectivity index (χ4n) is 3.12. The number of carboxylic acids is 1. The third-order valence-corrected chi connectivity index (χ3v) is 6.92. The first-order valence-electron chi connectivity index (χ1n) is 10.1. The van der Waals surface area contributed by atoms with Crippen molar-refractivity contribution in [2.75, 3.05) is 7.11 Å². The molecule has 1 aromatic carbocycles. The predicted molar refractivity (Wildman–Crippen MR) is 132 cm³/mol. The Morgan fingerprint density at radius 1 is 1.26 bits per heavy atom. The summed E-state index contributed by atoms with van der Waals surface area (Å²) in [6.45, 7) is -0.380. The second-order valence-electron chi connectivity index (χ2n) is 8.15. The van der Waals surface area contributed by atoms with E-state index in [0.29, 0.717) is 4.68 Å². The zero-order chi connectivity index (χ0) is 29.2. The van der Waals surface area contributed by atoms with Crippen molar-refractivity contribution in [1.82, 2.24) is 9.78 Å². The Labute approximate surface area is 271 Å². The quantitative estimate of drug-likeness (QED) is 0.357. The number of rotatable bonds is 6. The van der Waals surface area contributed by atoms with E-state index in [1.807, 2.05) is 0 Å². The van der Waals surface area contributed by atoms with Crippen molar-refractivity contribution >= 4 is 95.4 Å². The summed E-state index contributed by atoms with van der Waals surface area (Å²) in [5.41, 5.74) is -3.68. The minimum atomic E-state index is -5.06. The summed E-state index contributed by atoms with van der Waals surface area (Å²) < 4.78 is 98.2. The zero-order valence-corrected chi connectivity index (χ0v) is 22.3. The molecule has 1 N–H and O–H groups in total. The summed E-state index contributed by atoms with van der Waals surface area (Å²) >= 11 is 11.4. The van der Waals surface area contributed by atoms with Crippen molar-refractivity contribution < 1.29 is 54.6 Å². The van der Waals surface area contributed by atoms with Crippen LogP contribution in [-0.4, -0.2) is 105 Å². The van der Waals surface area contributed by atoms with Gasteiger partial charge in [-0.1, -0.05) is 28.4 Å². The van der Waals surface area contributed by atoms with E-state index >= 15 is 0 Å². The fraction of sp³-hybridized carbons (Fsp3) is 0.450. The molecule has 0 fully saturated rings. The number of ether oxygens (including phenoxy) is 2. The van der Waals surface area contributed by atoms with E-state index in [2.05, 4.69) is 15.0 Å². The number of hydrogen-bond donors (Lipinski definition) is 1. The predicted octanol–water partition coefficient (Wildman–Crippen LogP) is 4.52. The van der Waals surface area contributed by atoms with Crippen LogP contribution in [0.15, 0.2) is 17.3 Å². The Balaban J connectivity index is 0.000000460. The van der Waals surface area contributed by atoms with Crippen LogP contribution < -0.4 is 9.47 Å². The van der Waals surface area contributed by atoms with Crippen LogP contribution in [-0.2, 0) is 33.7 Å². The summed E-state index contributed by atoms with van der Waals surface area (Å²) in [6.07, 6.45) is -5.22. The van der Waals surface area contributed by atoms with Crippen LogP contribution in [0.2, 0.25) is 10.0 Å². The van der Waals surface area contributed by atoms with Gasteiger partial charge in [0.2, 0.25) is 5.88 Å². The molecule has 0 radical (unpaired) electrons. The monoisotopic (exact) mass is 651 g/mol. The number of methoxy groups -OCH3 is 1. The van der Waals surface area contributed by atoms with Gasteiger partial charge in [-0.2, -0.15) is 27.1 Å². The minimum absolute atomic E-state index is 0. The van der Waals surface area contributed by atoms with Crippen LogP contribution in [0.3, 0.4) is 0 Å². The number of aromatic nitrogens is 2. The Kier molecular flexibility index (Phi) is 12.5. The Hall–Kier alpha value is -1.21. The van der Waals surface area contributed by atoms with E-state index in [4.69, 9.17) is 37.9 Å². The molecule has 0 amide bonds. The molecule has 2 heterocycles. The van der Waals surface area contributed by atoms with E-state index in [1.165, 1.54) is 33.1 Å². The van der Waals surface area contributed by atoms with Crippen molar-refractivity contribution in [2.24, 2.45) is 12.2 Å². The van der Waals surface area contributed by atoms with Crippen molar-refractivity contribution in [2.45, 2.75) is 44.4 Å². The first-order valence-corrected chi connectivity index (χ1v) is 12.5. The topological polar surface area (TPSA) is 129 Å². The second-order valence-corrected chi connectivity index (χ2v) is 11.0. The number of halogens is 7. The van der Waals surface area contributed by atoms with Crippen molar-refractivity contribution in [3.8, 4) is 11.6 Å². The van der Waals surface area contributed by atoms with E-state index in [0.717, 1.165) is 7.05 Å². The molecule has 0 bridgehead atoms. The molecule has 3 rings (SSSR count). The van der Waals surface area contributed by atoms with Crippen LogP contribution in [0, 0.1) is 0 Å². The first kappa shape index (κ1) is 35.8. The number of sulfone groups is 1. The van der Waals surface area contributed by atoms with Crippen molar-refractivity contribution in [3.63, 3.8) is 0 Å². The van der Waals surface area contributed by atoms with E-state index < -0.39 is 62.1 Å². The summed E-state index contributed by atoms with van der Waals surface area (Å²) in [7, 11) is -2.09. The fourth-order valence-corrected chi connectivity index (χ4v) is 5.11. The van der Waals surface area contributed by atoms with Crippen molar-refractivity contribution in [3.05, 3.63) is 39.0 Å². The molecule has 1 aromatic heterocycles. The maximum absolute atomic E-state index is 13.1. The zero-order valence-electron chi connectivity index (χ0n) is 19.9. The summed E-state index contributed by atoms with van der Waals surface area (Å²) in [6, 6.07) is 2.89. The molecule has 0 atom stereocenters. The summed E-state index contributed by atoms with van der Waals surface area (Å²) in [5.74, 6) is -3.31. The Morgan fingerprint density at radius 2 is 1.82 bits per heavy atom. The average Bonchev–Trinajstić information content (AvgIpc) is 3.29. The SMILES string of the molecule is COc1c(Cl)ccc(Cl)c1C(=O)O.Cn1nc(C(F)(F)F)c(CS(=O)(=O)C2=NOC(C)(C)C2)c1OC(F)F.[KH]. The number of benzene rings is 1. The first-order chi connectivity index (χ1) is 17.3. The molecule has 0 unspecified atom stereocenters. The maximum atomic E-state index is 13.1. The van der Waals surface area contributed by atoms with E-state index in [-0.39, 0.29) is 79.2 Å². The molecule has 19 heteroatoms. The molecule has 1 aliphatic rings. The van der Waals surface area contributed by atoms with Gasteiger partial charge in [0.15, 0.2) is 26.3 Å². The van der Waals surface area contributed by atoms with Gasteiger partial charge in [0.1, 0.15) is 11.2 Å². The van der Waals surface area contributed by atoms with Gasteiger partial charge in [-0.25, -0.2) is 17.9 Å². The molecular formula is C20H21Cl2F5KN3O7S. The van der Waals surface area contributed by atoms with E-state index in [1.54, 1.807) is 0 Å². The van der Waals surface area contributed by atoms with Crippen LogP contribution in [0.1, 0.15) is 41.9 Å². The number of aromatic carboxylic acids is 1. The second kappa shape index (κ2) is 13.6. The molecule has 1 aliphatic heterocycles. The van der Waals surface area contributed by atoms with Crippen molar-refractivity contribution in [1.29, 1.82) is 0 Å². The Bertz CT molecular complexity index is 1350. The molecule has 0 aliphatic carbocycles. The third-order valence-electron chi connectivity index (χ3n) is 4.70. The number of carboxylic acid groups (broad SMARTS) is 1. The molecule has 10 nitrogen and oxygen atoms in total. The molecular weight excluding hydrogens is 631 g/mol. The number of alkyl halides is 5. The standard InChI is InChI=1S/C12H14F5N3O4S.C8H6Cl2O3.K.H/c1-11(2)4-7(19-24-11)25(21,22)5-6-8(12(15,16)17)18-20(3)9(6)23-10(13)14;1-13-7-5(10)3-2-4(9)6(7)8(11)12;;/h10H,4-5H2,1-3H3;2-3H,1H3,(H,11,12);;. The van der Waals surface area contributed by atoms with Gasteiger partial charge >= 0.3 is 70.1 Å². The van der Waals surface area contributed by atoms with Crippen LogP contribution >= 0.6 is 23.2 Å². The van der Waals surface area contributed by atoms with Crippen LogP contribution in [0.5, 0.6) is 11.6 Å². The van der Waals surface area contributed by atoms with Crippen LogP contribution in [0.25, 0.3) is 0 Å². The number of oxime groups is 1. The van der Waals surface area contributed by atoms with Gasteiger partial charge in [0.25, 0.3) is 0 Å². The molecule has 0 saturated heterocycles. The summed E-state index contributed by atoms with van der Waals surface area (Å²) in [5, 5.41) is 15.1. The van der Waals surface area contributed by atoms with Gasteiger partial charge in [0.05, 0.1) is 28.5 Å². The number of nitrogens with zero attached hydrogens (tertiary/aromatic N) is 3. The Morgan fingerprint density at radius 3 is 2.23 bits per heavy atom. The number of hydrogen-bond acceptors (Lipinski definition) is 8. The van der Waals surface area contributed by atoms with Gasteiger partial charge in [-0.15, -0.1) is 0 Å². The average molecular weight is 652 g/mol. The number of aryl methyl sites for hydroxylation is 1. The summed E-state index contributed by atoms with van der Waals surface area (Å²) in [4.78, 5) is 15.6. The normalized spacial score (nSPS) is 14.5.